The van der Waals surface area contributed by atoms with Gasteiger partial charge >= 0.3 is 0 Å². The second kappa shape index (κ2) is 6.74. The van der Waals surface area contributed by atoms with E-state index in [0.29, 0.717) is 17.9 Å². The van der Waals surface area contributed by atoms with Crippen LogP contribution in [0.4, 0.5) is 5.82 Å². The summed E-state index contributed by atoms with van der Waals surface area (Å²) in [5, 5.41) is 17.3. The first kappa shape index (κ1) is 18.2. The summed E-state index contributed by atoms with van der Waals surface area (Å²) in [6.07, 6.45) is 10.6. The molecule has 1 aromatic rings. The number of hydrogen-bond acceptors (Lipinski definition) is 5. The van der Waals surface area contributed by atoms with Gasteiger partial charge < -0.3 is 24.9 Å². The Labute approximate surface area is 159 Å². The highest BCUT2D eigenvalue weighted by Gasteiger charge is 2.34. The maximum absolute atomic E-state index is 12.4. The van der Waals surface area contributed by atoms with E-state index >= 15 is 0 Å². The summed E-state index contributed by atoms with van der Waals surface area (Å²) in [5.41, 5.74) is 3.91. The molecule has 3 N–H and O–H groups in total. The van der Waals surface area contributed by atoms with Gasteiger partial charge in [0, 0.05) is 31.0 Å². The molecule has 7 heteroatoms. The number of H-pyrrole nitrogens is 1. The molecule has 2 heterocycles. The lowest BCUT2D eigenvalue weighted by atomic mass is 9.96. The van der Waals surface area contributed by atoms with Gasteiger partial charge in [-0.25, -0.2) is 0 Å². The summed E-state index contributed by atoms with van der Waals surface area (Å²) >= 11 is 0. The second-order valence-electron chi connectivity index (χ2n) is 7.79. The highest BCUT2D eigenvalue weighted by molar-refractivity contribution is 7.66. The molecule has 0 radical (unpaired) electrons. The number of nitrogens with one attached hydrogen (secondary N) is 3. The van der Waals surface area contributed by atoms with Crippen LogP contribution in [-0.2, 0) is 9.30 Å². The van der Waals surface area contributed by atoms with Crippen molar-refractivity contribution in [3.8, 4) is 6.07 Å². The maximum Gasteiger partial charge on any atom is 0.117 e. The van der Waals surface area contributed by atoms with Crippen molar-refractivity contribution >= 4 is 18.5 Å². The zero-order valence-corrected chi connectivity index (χ0v) is 16.8. The molecule has 2 unspecified atom stereocenters. The number of hydrogen-bond donors (Lipinski definition) is 3. The van der Waals surface area contributed by atoms with Gasteiger partial charge in [-0.2, -0.15) is 5.26 Å². The standard InChI is InChI=1S/C20H25N4O2P/c1-26-17-8-14(27(2,3)25)6-7-16(17)23-18-9-15(12-4-5-12)19-13(10-21)11-22-20(19)24-18/h6-7,9,11-12,17-18,22-24H,4-5,8H2,1-3H3. The van der Waals surface area contributed by atoms with Crippen LogP contribution in [0.15, 0.2) is 35.4 Å². The molecule has 1 aromatic heterocycles. The Bertz CT molecular complexity index is 940. The van der Waals surface area contributed by atoms with Gasteiger partial charge in [-0.15, -0.1) is 0 Å². The summed E-state index contributed by atoms with van der Waals surface area (Å²) < 4.78 is 18.1. The van der Waals surface area contributed by atoms with Gasteiger partial charge in [0.05, 0.1) is 5.56 Å². The van der Waals surface area contributed by atoms with Gasteiger partial charge in [0.15, 0.2) is 0 Å². The summed E-state index contributed by atoms with van der Waals surface area (Å²) in [6.45, 7) is 3.59. The number of allylic oxidation sites excluding steroid dienone is 3. The van der Waals surface area contributed by atoms with Crippen molar-refractivity contribution in [2.24, 2.45) is 5.92 Å². The van der Waals surface area contributed by atoms with E-state index in [1.807, 2.05) is 12.2 Å². The number of nitrogens with zero attached hydrogens (tertiary/aromatic N) is 1. The number of rotatable bonds is 5. The number of aromatic amines is 1. The molecular formula is C20H25N4O2P. The van der Waals surface area contributed by atoms with Crippen molar-refractivity contribution in [1.29, 1.82) is 5.26 Å². The predicted molar refractivity (Wildman–Crippen MR) is 108 cm³/mol. The van der Waals surface area contributed by atoms with Crippen LogP contribution in [0.5, 0.6) is 0 Å². The molecule has 2 aliphatic carbocycles. The fraction of sp³-hybridized carbons (Fsp3) is 0.450. The number of methoxy groups -OCH3 is 1. The molecule has 0 saturated heterocycles. The predicted octanol–water partition coefficient (Wildman–Crippen LogP) is 3.83. The van der Waals surface area contributed by atoms with Gasteiger partial charge in [0.2, 0.25) is 0 Å². The minimum absolute atomic E-state index is 0.0906. The average Bonchev–Trinajstić information content (AvgIpc) is 3.40. The first-order chi connectivity index (χ1) is 12.9. The van der Waals surface area contributed by atoms with Crippen LogP contribution in [0.2, 0.25) is 0 Å². The molecule has 1 saturated carbocycles. The molecule has 1 fully saturated rings. The quantitative estimate of drug-likeness (QED) is 0.672. The van der Waals surface area contributed by atoms with E-state index in [1.165, 1.54) is 18.4 Å². The monoisotopic (exact) mass is 384 g/mol. The van der Waals surface area contributed by atoms with Gasteiger partial charge in [-0.1, -0.05) is 6.08 Å². The summed E-state index contributed by atoms with van der Waals surface area (Å²) in [6, 6.07) is 2.28. The normalized spacial score (nSPS) is 24.7. The Morgan fingerprint density at radius 3 is 2.74 bits per heavy atom. The smallest absolute Gasteiger partial charge is 0.117 e. The summed E-state index contributed by atoms with van der Waals surface area (Å²) in [5.74, 6) is 1.43. The average molecular weight is 384 g/mol. The number of ether oxygens (including phenoxy) is 1. The van der Waals surface area contributed by atoms with E-state index in [1.54, 1.807) is 26.6 Å². The van der Waals surface area contributed by atoms with Crippen molar-refractivity contribution < 1.29 is 9.30 Å². The van der Waals surface area contributed by atoms with Crippen LogP contribution >= 0.6 is 7.14 Å². The van der Waals surface area contributed by atoms with Crippen molar-refractivity contribution in [3.05, 3.63) is 46.6 Å². The fourth-order valence-corrected chi connectivity index (χ4v) is 4.83. The molecule has 6 nitrogen and oxygen atoms in total. The highest BCUT2D eigenvalue weighted by Crippen LogP contribution is 2.50. The Balaban J connectivity index is 1.61. The van der Waals surface area contributed by atoms with Crippen molar-refractivity contribution in [2.45, 2.75) is 31.5 Å². The van der Waals surface area contributed by atoms with E-state index in [-0.39, 0.29) is 12.3 Å². The van der Waals surface area contributed by atoms with Crippen LogP contribution in [0.25, 0.3) is 5.57 Å². The van der Waals surface area contributed by atoms with Crippen LogP contribution in [-0.4, -0.2) is 37.7 Å². The Morgan fingerprint density at radius 1 is 1.33 bits per heavy atom. The molecule has 3 aliphatic rings. The lowest BCUT2D eigenvalue weighted by Crippen LogP contribution is -2.40. The third-order valence-electron chi connectivity index (χ3n) is 5.45. The lowest BCUT2D eigenvalue weighted by Gasteiger charge is -2.31. The third kappa shape index (κ3) is 3.50. The van der Waals surface area contributed by atoms with Crippen molar-refractivity contribution in [2.75, 3.05) is 25.8 Å². The van der Waals surface area contributed by atoms with Crippen molar-refractivity contribution in [1.82, 2.24) is 10.3 Å². The number of anilines is 1. The lowest BCUT2D eigenvalue weighted by molar-refractivity contribution is 0.125. The van der Waals surface area contributed by atoms with E-state index in [2.05, 4.69) is 27.8 Å². The van der Waals surface area contributed by atoms with E-state index in [0.717, 1.165) is 22.4 Å². The second-order valence-corrected chi connectivity index (χ2v) is 11.1. The Morgan fingerprint density at radius 2 is 2.11 bits per heavy atom. The fourth-order valence-electron chi connectivity index (χ4n) is 3.79. The first-order valence-corrected chi connectivity index (χ1v) is 11.9. The van der Waals surface area contributed by atoms with E-state index in [4.69, 9.17) is 4.74 Å². The van der Waals surface area contributed by atoms with Crippen LogP contribution in [0.3, 0.4) is 0 Å². The van der Waals surface area contributed by atoms with E-state index < -0.39 is 7.14 Å². The molecular weight excluding hydrogens is 359 g/mol. The number of aromatic nitrogens is 1. The Kier molecular flexibility index (Phi) is 4.53. The van der Waals surface area contributed by atoms with Gasteiger partial charge in [-0.05, 0) is 55.1 Å². The molecule has 27 heavy (non-hydrogen) atoms. The highest BCUT2D eigenvalue weighted by atomic mass is 31.2. The third-order valence-corrected chi connectivity index (χ3v) is 7.16. The number of fused-ring (bicyclic) bond motifs is 1. The SMILES string of the molecule is COC1CC(P(C)(C)=O)=CC=C1NC1C=C(C2CC2)c2c(C#N)c[nH]c2N1. The van der Waals surface area contributed by atoms with Crippen LogP contribution in [0.1, 0.15) is 30.4 Å². The summed E-state index contributed by atoms with van der Waals surface area (Å²) in [7, 11) is -0.593. The molecule has 0 spiro atoms. The molecule has 142 valence electrons. The topological polar surface area (TPSA) is 89.9 Å². The molecule has 1 aliphatic heterocycles. The first-order valence-electron chi connectivity index (χ1n) is 9.26. The van der Waals surface area contributed by atoms with Crippen LogP contribution in [0, 0.1) is 17.2 Å². The zero-order chi connectivity index (χ0) is 19.2. The maximum atomic E-state index is 12.4. The molecule has 0 bridgehead atoms. The van der Waals surface area contributed by atoms with Gasteiger partial charge in [0.25, 0.3) is 0 Å². The van der Waals surface area contributed by atoms with Crippen LogP contribution < -0.4 is 10.6 Å². The molecule has 0 amide bonds. The zero-order valence-electron chi connectivity index (χ0n) is 15.9. The Hall–Kier alpha value is -2.22. The molecule has 4 rings (SSSR count). The van der Waals surface area contributed by atoms with Crippen molar-refractivity contribution in [3.63, 3.8) is 0 Å². The molecule has 2 atom stereocenters. The van der Waals surface area contributed by atoms with Gasteiger partial charge in [-0.3, -0.25) is 0 Å². The minimum Gasteiger partial charge on any atom is -0.375 e. The van der Waals surface area contributed by atoms with E-state index in [9.17, 15) is 9.83 Å². The largest absolute Gasteiger partial charge is 0.375 e. The minimum atomic E-state index is -2.27. The molecule has 0 aromatic carbocycles. The summed E-state index contributed by atoms with van der Waals surface area (Å²) in [4.78, 5) is 3.20. The number of nitriles is 1. The van der Waals surface area contributed by atoms with Gasteiger partial charge in [0.1, 0.15) is 31.3 Å².